The first-order valence-corrected chi connectivity index (χ1v) is 13.1. The minimum absolute atomic E-state index is 0.0726. The number of hydrogen-bond acceptors (Lipinski definition) is 5. The summed E-state index contributed by atoms with van der Waals surface area (Å²) in [6, 6.07) is 12.6. The summed E-state index contributed by atoms with van der Waals surface area (Å²) in [5.74, 6) is 0.783. The maximum atomic E-state index is 13.0. The first-order valence-electron chi connectivity index (χ1n) is 10.8. The minimum Gasteiger partial charge on any atom is -0.372 e. The Hall–Kier alpha value is -2.16. The van der Waals surface area contributed by atoms with Gasteiger partial charge in [-0.2, -0.15) is 0 Å². The molecule has 1 aliphatic rings. The SMILES string of the molecule is CCn1c(=O)sc2cc(S(=O)(=O)NC(C)c3ccc(N4CCC(C)CC4)cc3)ccc21. The van der Waals surface area contributed by atoms with Gasteiger partial charge in [-0.05, 0) is 68.5 Å². The third-order valence-electron chi connectivity index (χ3n) is 6.14. The molecular formula is C23H29N3O3S2. The predicted octanol–water partition coefficient (Wildman–Crippen LogP) is 4.36. The van der Waals surface area contributed by atoms with Gasteiger partial charge in [0, 0.05) is 31.4 Å². The molecule has 166 valence electrons. The first kappa shape index (κ1) is 22.0. The van der Waals surface area contributed by atoms with E-state index < -0.39 is 10.0 Å². The Balaban J connectivity index is 1.50. The van der Waals surface area contributed by atoms with E-state index in [4.69, 9.17) is 0 Å². The summed E-state index contributed by atoms with van der Waals surface area (Å²) in [5.41, 5.74) is 2.87. The fourth-order valence-electron chi connectivity index (χ4n) is 4.12. The van der Waals surface area contributed by atoms with E-state index in [1.165, 1.54) is 18.5 Å². The summed E-state index contributed by atoms with van der Waals surface area (Å²) in [5, 5.41) is 0. The van der Waals surface area contributed by atoms with Crippen LogP contribution in [0.15, 0.2) is 52.2 Å². The van der Waals surface area contributed by atoms with Crippen LogP contribution in [0.5, 0.6) is 0 Å². The molecular weight excluding hydrogens is 430 g/mol. The molecule has 8 heteroatoms. The Morgan fingerprint density at radius 1 is 1.13 bits per heavy atom. The molecule has 0 spiro atoms. The second-order valence-electron chi connectivity index (χ2n) is 8.35. The third-order valence-corrected chi connectivity index (χ3v) is 8.62. The van der Waals surface area contributed by atoms with Crippen LogP contribution in [0.1, 0.15) is 45.2 Å². The monoisotopic (exact) mass is 459 g/mol. The van der Waals surface area contributed by atoms with E-state index in [2.05, 4.69) is 28.7 Å². The Kier molecular flexibility index (Phi) is 6.23. The number of thiazole rings is 1. The molecule has 1 N–H and O–H groups in total. The summed E-state index contributed by atoms with van der Waals surface area (Å²) in [6.45, 7) is 8.74. The van der Waals surface area contributed by atoms with Gasteiger partial charge in [0.25, 0.3) is 0 Å². The normalized spacial score (nSPS) is 16.7. The van der Waals surface area contributed by atoms with Crippen LogP contribution in [0.4, 0.5) is 5.69 Å². The number of hydrogen-bond donors (Lipinski definition) is 1. The second-order valence-corrected chi connectivity index (χ2v) is 11.1. The smallest absolute Gasteiger partial charge is 0.308 e. The van der Waals surface area contributed by atoms with Gasteiger partial charge >= 0.3 is 4.87 Å². The Bertz CT molecular complexity index is 1220. The number of piperidine rings is 1. The van der Waals surface area contributed by atoms with Crippen molar-refractivity contribution >= 4 is 37.3 Å². The Morgan fingerprint density at radius 3 is 2.45 bits per heavy atom. The zero-order chi connectivity index (χ0) is 22.2. The minimum atomic E-state index is -3.71. The van der Waals surface area contributed by atoms with Crippen LogP contribution in [0.3, 0.4) is 0 Å². The molecule has 1 fully saturated rings. The van der Waals surface area contributed by atoms with Gasteiger partial charge in [0.1, 0.15) is 0 Å². The number of sulfonamides is 1. The lowest BCUT2D eigenvalue weighted by Gasteiger charge is -2.32. The van der Waals surface area contributed by atoms with Crippen molar-refractivity contribution < 1.29 is 8.42 Å². The molecule has 31 heavy (non-hydrogen) atoms. The van der Waals surface area contributed by atoms with Gasteiger partial charge in [-0.1, -0.05) is 30.4 Å². The summed E-state index contributed by atoms with van der Waals surface area (Å²) in [6.07, 6.45) is 2.41. The first-order chi connectivity index (χ1) is 14.8. The summed E-state index contributed by atoms with van der Waals surface area (Å²) >= 11 is 1.07. The molecule has 1 aromatic heterocycles. The van der Waals surface area contributed by atoms with Gasteiger partial charge < -0.3 is 4.90 Å². The standard InChI is InChI=1S/C23H29N3O3S2/c1-4-26-21-10-9-20(15-22(21)30-23(26)27)31(28,29)24-17(3)18-5-7-19(8-6-18)25-13-11-16(2)12-14-25/h5-10,15-17,24H,4,11-14H2,1-3H3. The van der Waals surface area contributed by atoms with Crippen LogP contribution in [-0.4, -0.2) is 26.1 Å². The number of fused-ring (bicyclic) bond motifs is 1. The number of anilines is 1. The second kappa shape index (κ2) is 8.76. The zero-order valence-electron chi connectivity index (χ0n) is 18.2. The number of aryl methyl sites for hydroxylation is 1. The lowest BCUT2D eigenvalue weighted by Crippen LogP contribution is -2.32. The number of nitrogens with zero attached hydrogens (tertiary/aromatic N) is 2. The van der Waals surface area contributed by atoms with Crippen molar-refractivity contribution in [3.05, 3.63) is 57.7 Å². The predicted molar refractivity (Wildman–Crippen MR) is 128 cm³/mol. The molecule has 0 saturated carbocycles. The fraction of sp³-hybridized carbons (Fsp3) is 0.435. The van der Waals surface area contributed by atoms with Crippen LogP contribution in [0, 0.1) is 5.92 Å². The molecule has 4 rings (SSSR count). The molecule has 1 saturated heterocycles. The fourth-order valence-corrected chi connectivity index (χ4v) is 6.45. The summed E-state index contributed by atoms with van der Waals surface area (Å²) in [4.78, 5) is 14.6. The number of aromatic nitrogens is 1. The highest BCUT2D eigenvalue weighted by Gasteiger charge is 2.21. The van der Waals surface area contributed by atoms with Crippen LogP contribution in [0.2, 0.25) is 0 Å². The van der Waals surface area contributed by atoms with E-state index >= 15 is 0 Å². The lowest BCUT2D eigenvalue weighted by atomic mass is 9.98. The summed E-state index contributed by atoms with van der Waals surface area (Å²) < 4.78 is 31.0. The van der Waals surface area contributed by atoms with Gasteiger partial charge in [0.05, 0.1) is 15.1 Å². The van der Waals surface area contributed by atoms with Gasteiger partial charge in [-0.25, -0.2) is 13.1 Å². The molecule has 2 heterocycles. The average molecular weight is 460 g/mol. The molecule has 1 unspecified atom stereocenters. The highest BCUT2D eigenvalue weighted by atomic mass is 32.2. The molecule has 6 nitrogen and oxygen atoms in total. The van der Waals surface area contributed by atoms with Crippen molar-refractivity contribution in [3.8, 4) is 0 Å². The quantitative estimate of drug-likeness (QED) is 0.595. The van der Waals surface area contributed by atoms with E-state index in [0.717, 1.165) is 41.4 Å². The number of rotatable bonds is 6. The van der Waals surface area contributed by atoms with Crippen molar-refractivity contribution in [1.82, 2.24) is 9.29 Å². The molecule has 1 aliphatic heterocycles. The molecule has 1 atom stereocenters. The van der Waals surface area contributed by atoms with Crippen LogP contribution >= 0.6 is 11.3 Å². The molecule has 0 aliphatic carbocycles. The molecule has 0 amide bonds. The third kappa shape index (κ3) is 4.56. The van der Waals surface area contributed by atoms with E-state index in [9.17, 15) is 13.2 Å². The van der Waals surface area contributed by atoms with Gasteiger partial charge in [0.2, 0.25) is 10.0 Å². The summed E-state index contributed by atoms with van der Waals surface area (Å²) in [7, 11) is -3.71. The van der Waals surface area contributed by atoms with Crippen molar-refractivity contribution in [2.45, 2.75) is 51.1 Å². The maximum absolute atomic E-state index is 13.0. The topological polar surface area (TPSA) is 71.4 Å². The van der Waals surface area contributed by atoms with Gasteiger partial charge in [-0.3, -0.25) is 9.36 Å². The highest BCUT2D eigenvalue weighted by molar-refractivity contribution is 7.89. The number of nitrogens with one attached hydrogen (secondary N) is 1. The van der Waals surface area contributed by atoms with Crippen LogP contribution in [0.25, 0.3) is 10.2 Å². The molecule has 0 bridgehead atoms. The molecule has 2 aromatic carbocycles. The highest BCUT2D eigenvalue weighted by Crippen LogP contribution is 2.26. The van der Waals surface area contributed by atoms with Crippen molar-refractivity contribution in [2.75, 3.05) is 18.0 Å². The van der Waals surface area contributed by atoms with Crippen LogP contribution in [-0.2, 0) is 16.6 Å². The Labute approximate surface area is 187 Å². The Morgan fingerprint density at radius 2 is 1.81 bits per heavy atom. The zero-order valence-corrected chi connectivity index (χ0v) is 19.8. The lowest BCUT2D eigenvalue weighted by molar-refractivity contribution is 0.438. The van der Waals surface area contributed by atoms with Gasteiger partial charge in [-0.15, -0.1) is 0 Å². The molecule has 3 aromatic rings. The van der Waals surface area contributed by atoms with Crippen molar-refractivity contribution in [1.29, 1.82) is 0 Å². The van der Waals surface area contributed by atoms with E-state index in [1.807, 2.05) is 26.0 Å². The van der Waals surface area contributed by atoms with Crippen molar-refractivity contribution in [2.24, 2.45) is 5.92 Å². The van der Waals surface area contributed by atoms with E-state index in [0.29, 0.717) is 11.2 Å². The molecule has 0 radical (unpaired) electrons. The van der Waals surface area contributed by atoms with E-state index in [1.54, 1.807) is 22.8 Å². The average Bonchev–Trinajstić information content (AvgIpc) is 3.08. The van der Waals surface area contributed by atoms with Crippen LogP contribution < -0.4 is 14.5 Å². The largest absolute Gasteiger partial charge is 0.372 e. The van der Waals surface area contributed by atoms with E-state index in [-0.39, 0.29) is 15.8 Å². The van der Waals surface area contributed by atoms with Crippen molar-refractivity contribution in [3.63, 3.8) is 0 Å². The maximum Gasteiger partial charge on any atom is 0.308 e. The van der Waals surface area contributed by atoms with Gasteiger partial charge in [0.15, 0.2) is 0 Å². The number of benzene rings is 2.